The number of thioether (sulfide) groups is 1. The molecule has 2 atom stereocenters. The van der Waals surface area contributed by atoms with Gasteiger partial charge in [0.2, 0.25) is 11.8 Å². The van der Waals surface area contributed by atoms with Crippen LogP contribution in [0.2, 0.25) is 5.02 Å². The highest BCUT2D eigenvalue weighted by molar-refractivity contribution is 8.03. The fourth-order valence-corrected chi connectivity index (χ4v) is 4.83. The molecule has 2 aliphatic rings. The van der Waals surface area contributed by atoms with E-state index >= 15 is 0 Å². The van der Waals surface area contributed by atoms with Crippen molar-refractivity contribution in [3.8, 4) is 0 Å². The lowest BCUT2D eigenvalue weighted by atomic mass is 10.1. The van der Waals surface area contributed by atoms with E-state index in [0.717, 1.165) is 4.90 Å². The van der Waals surface area contributed by atoms with Gasteiger partial charge in [0, 0.05) is 23.3 Å². The zero-order valence-corrected chi connectivity index (χ0v) is 18.5. The van der Waals surface area contributed by atoms with Gasteiger partial charge in [0.25, 0.3) is 5.91 Å². The van der Waals surface area contributed by atoms with Gasteiger partial charge in [-0.15, -0.1) is 11.8 Å². The lowest BCUT2D eigenvalue weighted by Gasteiger charge is -2.40. The molecule has 10 heteroatoms. The van der Waals surface area contributed by atoms with Crippen molar-refractivity contribution in [1.82, 2.24) is 4.90 Å². The summed E-state index contributed by atoms with van der Waals surface area (Å²) in [6.07, 6.45) is 1.76. The summed E-state index contributed by atoms with van der Waals surface area (Å²) in [6.45, 7) is 1.14. The number of fused-ring (bicyclic) bond motifs is 1. The monoisotopic (exact) mass is 470 g/mol. The molecule has 2 aromatic rings. The molecule has 0 aromatic heterocycles. The molecule has 0 radical (unpaired) electrons. The number of anilines is 3. The number of carbonyl (C=O) groups excluding carboxylic acids is 4. The maximum atomic E-state index is 13.3. The first kappa shape index (κ1) is 21.9. The molecule has 2 heterocycles. The van der Waals surface area contributed by atoms with Crippen molar-refractivity contribution in [3.63, 3.8) is 0 Å². The minimum absolute atomic E-state index is 0.227. The molecule has 0 saturated carbocycles. The average molecular weight is 471 g/mol. The van der Waals surface area contributed by atoms with Crippen LogP contribution in [0.1, 0.15) is 6.92 Å². The zero-order chi connectivity index (χ0) is 22.8. The largest absolute Gasteiger partial charge is 0.332 e. The van der Waals surface area contributed by atoms with Gasteiger partial charge in [0.15, 0.2) is 0 Å². The fraction of sp³-hybridized carbons (Fsp3) is 0.182. The summed E-state index contributed by atoms with van der Waals surface area (Å²) in [7, 11) is 0. The SMILES string of the molecule is CC(=O)Nc1cccc(NC(=O)CN2C(=O)N(c3cccc(Cl)c3)C(=O)C3SC=CC32)c1. The molecular formula is C22H19ClN4O4S. The second-order valence-electron chi connectivity index (χ2n) is 7.25. The number of imide groups is 1. The molecule has 4 rings (SSSR count). The van der Waals surface area contributed by atoms with E-state index in [1.54, 1.807) is 53.9 Å². The van der Waals surface area contributed by atoms with Crippen LogP contribution < -0.4 is 15.5 Å². The van der Waals surface area contributed by atoms with E-state index in [2.05, 4.69) is 10.6 Å². The Kier molecular flexibility index (Phi) is 6.20. The van der Waals surface area contributed by atoms with E-state index in [0.29, 0.717) is 22.1 Å². The number of carbonyl (C=O) groups is 4. The molecule has 32 heavy (non-hydrogen) atoms. The molecule has 2 aliphatic heterocycles. The number of amides is 5. The van der Waals surface area contributed by atoms with Crippen molar-refractivity contribution in [3.05, 3.63) is 65.0 Å². The summed E-state index contributed by atoms with van der Waals surface area (Å²) in [6, 6.07) is 12.0. The highest BCUT2D eigenvalue weighted by atomic mass is 35.5. The van der Waals surface area contributed by atoms with Gasteiger partial charge in [-0.25, -0.2) is 9.69 Å². The third-order valence-corrected chi connectivity index (χ3v) is 6.24. The van der Waals surface area contributed by atoms with Crippen molar-refractivity contribution in [2.24, 2.45) is 0 Å². The Labute approximate surface area is 193 Å². The first-order valence-electron chi connectivity index (χ1n) is 9.73. The summed E-state index contributed by atoms with van der Waals surface area (Å²) in [5.41, 5.74) is 1.37. The molecule has 0 bridgehead atoms. The highest BCUT2D eigenvalue weighted by Gasteiger charge is 2.48. The molecule has 2 N–H and O–H groups in total. The quantitative estimate of drug-likeness (QED) is 0.694. The minimum atomic E-state index is -0.590. The molecule has 5 amide bonds. The van der Waals surface area contributed by atoms with Crippen molar-refractivity contribution in [2.45, 2.75) is 18.2 Å². The molecule has 2 aromatic carbocycles. The molecule has 0 aliphatic carbocycles. The molecule has 1 saturated heterocycles. The number of nitrogens with zero attached hydrogens (tertiary/aromatic N) is 2. The Morgan fingerprint density at radius 1 is 1.06 bits per heavy atom. The molecule has 2 unspecified atom stereocenters. The van der Waals surface area contributed by atoms with Gasteiger partial charge < -0.3 is 15.5 Å². The Morgan fingerprint density at radius 3 is 2.50 bits per heavy atom. The third kappa shape index (κ3) is 4.49. The van der Waals surface area contributed by atoms with Gasteiger partial charge in [-0.05, 0) is 41.8 Å². The maximum absolute atomic E-state index is 13.3. The lowest BCUT2D eigenvalue weighted by Crippen LogP contribution is -2.63. The number of nitrogens with one attached hydrogen (secondary N) is 2. The van der Waals surface area contributed by atoms with Crippen molar-refractivity contribution in [1.29, 1.82) is 0 Å². The lowest BCUT2D eigenvalue weighted by molar-refractivity contribution is -0.121. The Morgan fingerprint density at radius 2 is 1.78 bits per heavy atom. The Hall–Kier alpha value is -3.30. The van der Waals surface area contributed by atoms with Crippen LogP contribution in [-0.2, 0) is 14.4 Å². The summed E-state index contributed by atoms with van der Waals surface area (Å²) >= 11 is 7.37. The minimum Gasteiger partial charge on any atom is -0.326 e. The van der Waals surface area contributed by atoms with E-state index in [4.69, 9.17) is 11.6 Å². The normalized spacial score (nSPS) is 19.7. The first-order valence-corrected chi connectivity index (χ1v) is 11.1. The van der Waals surface area contributed by atoms with Gasteiger partial charge in [-0.1, -0.05) is 29.8 Å². The Balaban J connectivity index is 1.54. The van der Waals surface area contributed by atoms with E-state index in [9.17, 15) is 19.2 Å². The number of hydrogen-bond donors (Lipinski definition) is 2. The van der Waals surface area contributed by atoms with E-state index in [1.165, 1.54) is 29.7 Å². The molecule has 0 spiro atoms. The fourth-order valence-electron chi connectivity index (χ4n) is 3.60. The number of hydrogen-bond acceptors (Lipinski definition) is 5. The predicted octanol–water partition coefficient (Wildman–Crippen LogP) is 3.70. The summed E-state index contributed by atoms with van der Waals surface area (Å²) in [5, 5.41) is 7.01. The third-order valence-electron chi connectivity index (χ3n) is 4.92. The predicted molar refractivity (Wildman–Crippen MR) is 125 cm³/mol. The van der Waals surface area contributed by atoms with Gasteiger partial charge in [-0.2, -0.15) is 0 Å². The number of rotatable bonds is 5. The van der Waals surface area contributed by atoms with Gasteiger partial charge >= 0.3 is 6.03 Å². The number of urea groups is 1. The average Bonchev–Trinajstić information content (AvgIpc) is 3.21. The second-order valence-corrected chi connectivity index (χ2v) is 8.74. The van der Waals surface area contributed by atoms with Crippen LogP contribution in [-0.4, -0.2) is 46.5 Å². The van der Waals surface area contributed by atoms with Crippen molar-refractivity contribution < 1.29 is 19.2 Å². The van der Waals surface area contributed by atoms with Crippen LogP contribution >= 0.6 is 23.4 Å². The van der Waals surface area contributed by atoms with Crippen LogP contribution in [0, 0.1) is 0 Å². The van der Waals surface area contributed by atoms with Crippen LogP contribution in [0.25, 0.3) is 0 Å². The second kappa shape index (κ2) is 9.05. The standard InChI is InChI=1S/C22H19ClN4O4S/c1-13(28)24-15-5-3-6-16(11-15)25-19(29)12-26-18-8-9-32-20(18)21(30)27(22(26)31)17-7-2-4-14(23)10-17/h2-11,18,20H,12H2,1H3,(H,24,28)(H,25,29). The Bertz CT molecular complexity index is 1140. The van der Waals surface area contributed by atoms with Crippen molar-refractivity contribution in [2.75, 3.05) is 22.1 Å². The van der Waals surface area contributed by atoms with Crippen LogP contribution in [0.15, 0.2) is 60.0 Å². The summed E-state index contributed by atoms with van der Waals surface area (Å²) in [4.78, 5) is 52.8. The number of halogens is 1. The van der Waals surface area contributed by atoms with E-state index in [-0.39, 0.29) is 18.4 Å². The topological polar surface area (TPSA) is 98.8 Å². The summed E-state index contributed by atoms with van der Waals surface area (Å²) in [5.74, 6) is -1.01. The van der Waals surface area contributed by atoms with Gasteiger partial charge in [0.05, 0.1) is 11.7 Å². The first-order chi connectivity index (χ1) is 15.3. The zero-order valence-electron chi connectivity index (χ0n) is 16.9. The van der Waals surface area contributed by atoms with Gasteiger partial charge in [-0.3, -0.25) is 14.4 Å². The van der Waals surface area contributed by atoms with E-state index in [1.807, 2.05) is 0 Å². The summed E-state index contributed by atoms with van der Waals surface area (Å²) < 4.78 is 0. The smallest absolute Gasteiger partial charge is 0.326 e. The van der Waals surface area contributed by atoms with Crippen LogP contribution in [0.3, 0.4) is 0 Å². The highest BCUT2D eigenvalue weighted by Crippen LogP contribution is 2.36. The molecular weight excluding hydrogens is 452 g/mol. The maximum Gasteiger partial charge on any atom is 0.332 e. The van der Waals surface area contributed by atoms with Crippen LogP contribution in [0.4, 0.5) is 21.9 Å². The number of benzene rings is 2. The van der Waals surface area contributed by atoms with Gasteiger partial charge in [0.1, 0.15) is 11.8 Å². The van der Waals surface area contributed by atoms with Crippen molar-refractivity contribution >= 4 is 64.2 Å². The van der Waals surface area contributed by atoms with E-state index < -0.39 is 23.2 Å². The molecule has 164 valence electrons. The van der Waals surface area contributed by atoms with Crippen LogP contribution in [0.5, 0.6) is 0 Å². The molecule has 1 fully saturated rings. The molecule has 8 nitrogen and oxygen atoms in total.